The van der Waals surface area contributed by atoms with Crippen molar-refractivity contribution in [2.24, 2.45) is 5.92 Å². The van der Waals surface area contributed by atoms with E-state index in [1.807, 2.05) is 12.3 Å². The lowest BCUT2D eigenvalue weighted by Crippen LogP contribution is -2.41. The molecule has 0 atom stereocenters. The van der Waals surface area contributed by atoms with Gasteiger partial charge in [0, 0.05) is 36.6 Å². The summed E-state index contributed by atoms with van der Waals surface area (Å²) in [5.74, 6) is 1.35. The minimum atomic E-state index is 0.137. The van der Waals surface area contributed by atoms with E-state index in [-0.39, 0.29) is 11.8 Å². The van der Waals surface area contributed by atoms with Gasteiger partial charge in [-0.05, 0) is 37.8 Å². The first-order valence-electron chi connectivity index (χ1n) is 8.83. The van der Waals surface area contributed by atoms with Gasteiger partial charge in [0.25, 0.3) is 0 Å². The van der Waals surface area contributed by atoms with Gasteiger partial charge in [0.15, 0.2) is 0 Å². The van der Waals surface area contributed by atoms with E-state index in [0.717, 1.165) is 65.0 Å². The molecule has 3 aromatic rings. The van der Waals surface area contributed by atoms with Crippen LogP contribution in [-0.4, -0.2) is 40.0 Å². The molecule has 1 saturated heterocycles. The molecule has 2 fully saturated rings. The van der Waals surface area contributed by atoms with E-state index in [1.165, 1.54) is 0 Å². The molecule has 1 aliphatic carbocycles. The van der Waals surface area contributed by atoms with Crippen LogP contribution >= 0.6 is 11.3 Å². The van der Waals surface area contributed by atoms with Crippen molar-refractivity contribution in [2.75, 3.05) is 18.0 Å². The predicted octanol–water partition coefficient (Wildman–Crippen LogP) is 2.73. The van der Waals surface area contributed by atoms with E-state index in [0.29, 0.717) is 6.04 Å². The molecule has 3 aromatic heterocycles. The van der Waals surface area contributed by atoms with Gasteiger partial charge in [-0.1, -0.05) is 0 Å². The van der Waals surface area contributed by atoms with Crippen molar-refractivity contribution in [1.29, 1.82) is 0 Å². The summed E-state index contributed by atoms with van der Waals surface area (Å²) in [6.45, 7) is 1.72. The molecule has 1 amide bonds. The molecule has 0 radical (unpaired) electrons. The monoisotopic (exact) mass is 353 g/mol. The molecule has 7 heteroatoms. The van der Waals surface area contributed by atoms with Crippen LogP contribution in [0.4, 0.5) is 5.82 Å². The minimum absolute atomic E-state index is 0.137. The normalized spacial score (nSPS) is 18.8. The van der Waals surface area contributed by atoms with Gasteiger partial charge in [-0.25, -0.2) is 15.0 Å². The zero-order valence-electron chi connectivity index (χ0n) is 13.8. The van der Waals surface area contributed by atoms with Gasteiger partial charge in [-0.2, -0.15) is 0 Å². The van der Waals surface area contributed by atoms with Crippen LogP contribution in [0.15, 0.2) is 24.7 Å². The number of nitrogens with zero attached hydrogens (tertiary/aromatic N) is 4. The van der Waals surface area contributed by atoms with Gasteiger partial charge < -0.3 is 10.2 Å². The van der Waals surface area contributed by atoms with Crippen LogP contribution in [0.25, 0.3) is 20.4 Å². The Hall–Kier alpha value is -2.28. The quantitative estimate of drug-likeness (QED) is 0.784. The smallest absolute Gasteiger partial charge is 0.223 e. The zero-order chi connectivity index (χ0) is 16.8. The van der Waals surface area contributed by atoms with E-state index < -0.39 is 0 Å². The maximum atomic E-state index is 12.3. The number of anilines is 1. The molecule has 1 saturated carbocycles. The molecule has 25 heavy (non-hydrogen) atoms. The molecule has 2 aliphatic rings. The first kappa shape index (κ1) is 15.0. The maximum Gasteiger partial charge on any atom is 0.223 e. The first-order valence-corrected chi connectivity index (χ1v) is 9.65. The fourth-order valence-corrected chi connectivity index (χ4v) is 4.64. The average Bonchev–Trinajstić information content (AvgIpc) is 3.39. The second-order valence-corrected chi connectivity index (χ2v) is 7.88. The Balaban J connectivity index is 1.39. The molecule has 6 nitrogen and oxygen atoms in total. The lowest BCUT2D eigenvalue weighted by molar-refractivity contribution is -0.125. The van der Waals surface area contributed by atoms with E-state index in [1.54, 1.807) is 17.7 Å². The predicted molar refractivity (Wildman–Crippen MR) is 98.8 cm³/mol. The van der Waals surface area contributed by atoms with Gasteiger partial charge in [0.2, 0.25) is 5.91 Å². The van der Waals surface area contributed by atoms with Crippen molar-refractivity contribution >= 4 is 43.5 Å². The summed E-state index contributed by atoms with van der Waals surface area (Å²) in [7, 11) is 0. The van der Waals surface area contributed by atoms with Crippen LogP contribution in [0, 0.1) is 5.92 Å². The Bertz CT molecular complexity index is 943. The van der Waals surface area contributed by atoms with Gasteiger partial charge >= 0.3 is 0 Å². The second kappa shape index (κ2) is 5.91. The van der Waals surface area contributed by atoms with Crippen LogP contribution in [0.3, 0.4) is 0 Å². The molecule has 0 spiro atoms. The summed E-state index contributed by atoms with van der Waals surface area (Å²) in [6.07, 6.45) is 7.50. The molecule has 0 bridgehead atoms. The van der Waals surface area contributed by atoms with Crippen molar-refractivity contribution < 1.29 is 4.79 Å². The number of thiophene rings is 1. The number of rotatable bonds is 3. The first-order chi connectivity index (χ1) is 12.3. The zero-order valence-corrected chi connectivity index (χ0v) is 14.6. The Morgan fingerprint density at radius 1 is 1.16 bits per heavy atom. The summed E-state index contributed by atoms with van der Waals surface area (Å²) in [4.78, 5) is 29.0. The number of piperidine rings is 1. The van der Waals surface area contributed by atoms with Crippen molar-refractivity contribution in [3.8, 4) is 0 Å². The number of hydrogen-bond donors (Lipinski definition) is 1. The number of nitrogens with one attached hydrogen (secondary N) is 1. The highest BCUT2D eigenvalue weighted by molar-refractivity contribution is 7.25. The van der Waals surface area contributed by atoms with Crippen LogP contribution < -0.4 is 10.2 Å². The fraction of sp³-hybridized carbons (Fsp3) is 0.444. The van der Waals surface area contributed by atoms with E-state index >= 15 is 0 Å². The van der Waals surface area contributed by atoms with Gasteiger partial charge in [0.05, 0.1) is 10.2 Å². The molecular formula is C18H19N5OS. The third kappa shape index (κ3) is 2.72. The lowest BCUT2D eigenvalue weighted by atomic mass is 9.96. The Labute approximate surface area is 149 Å². The summed E-state index contributed by atoms with van der Waals surface area (Å²) >= 11 is 1.65. The summed E-state index contributed by atoms with van der Waals surface area (Å²) in [5.41, 5.74) is 0.978. The largest absolute Gasteiger partial charge is 0.355 e. The van der Waals surface area contributed by atoms with Crippen LogP contribution in [-0.2, 0) is 4.79 Å². The van der Waals surface area contributed by atoms with E-state index in [2.05, 4.69) is 31.2 Å². The Morgan fingerprint density at radius 2 is 2.00 bits per heavy atom. The molecule has 4 heterocycles. The highest BCUT2D eigenvalue weighted by atomic mass is 32.1. The number of amides is 1. The van der Waals surface area contributed by atoms with Crippen molar-refractivity contribution in [3.63, 3.8) is 0 Å². The van der Waals surface area contributed by atoms with Gasteiger partial charge in [-0.3, -0.25) is 4.79 Å². The fourth-order valence-electron chi connectivity index (χ4n) is 3.52. The third-order valence-electron chi connectivity index (χ3n) is 5.10. The van der Waals surface area contributed by atoms with Crippen molar-refractivity contribution in [2.45, 2.75) is 31.7 Å². The number of carbonyl (C=O) groups is 1. The van der Waals surface area contributed by atoms with Crippen molar-refractivity contribution in [3.05, 3.63) is 24.7 Å². The summed E-state index contributed by atoms with van der Waals surface area (Å²) in [5, 5.41) is 4.22. The van der Waals surface area contributed by atoms with E-state index in [4.69, 9.17) is 0 Å². The molecular weight excluding hydrogens is 334 g/mol. The molecule has 0 aromatic carbocycles. The number of hydrogen-bond acceptors (Lipinski definition) is 6. The van der Waals surface area contributed by atoms with Crippen LogP contribution in [0.5, 0.6) is 0 Å². The Morgan fingerprint density at radius 3 is 2.80 bits per heavy atom. The molecule has 0 unspecified atom stereocenters. The number of fused-ring (bicyclic) bond motifs is 3. The van der Waals surface area contributed by atoms with Crippen LogP contribution in [0.1, 0.15) is 25.7 Å². The number of aromatic nitrogens is 3. The van der Waals surface area contributed by atoms with Crippen molar-refractivity contribution in [1.82, 2.24) is 20.3 Å². The molecule has 1 aliphatic heterocycles. The van der Waals surface area contributed by atoms with Gasteiger partial charge in [0.1, 0.15) is 17.0 Å². The lowest BCUT2D eigenvalue weighted by Gasteiger charge is -2.32. The molecule has 5 rings (SSSR count). The number of carbonyl (C=O) groups excluding carboxylic acids is 1. The topological polar surface area (TPSA) is 71.0 Å². The highest BCUT2D eigenvalue weighted by Crippen LogP contribution is 2.37. The Kier molecular flexibility index (Phi) is 3.55. The molecule has 1 N–H and O–H groups in total. The maximum absolute atomic E-state index is 12.3. The average molecular weight is 353 g/mol. The van der Waals surface area contributed by atoms with Crippen LogP contribution in [0.2, 0.25) is 0 Å². The second-order valence-electron chi connectivity index (χ2n) is 6.88. The minimum Gasteiger partial charge on any atom is -0.355 e. The summed E-state index contributed by atoms with van der Waals surface area (Å²) < 4.78 is 1.09. The van der Waals surface area contributed by atoms with E-state index in [9.17, 15) is 4.79 Å². The highest BCUT2D eigenvalue weighted by Gasteiger charge is 2.30. The SMILES string of the molecule is O=C(NC1CC1)C1CCN(c2ncnc3c2sc2ncccc23)CC1. The standard InChI is InChI=1S/C18H19N5OS/c24-17(22-12-3-4-12)11-5-8-23(9-6-11)16-15-14(20-10-21-16)13-2-1-7-19-18(13)25-15/h1-2,7,10-12H,3-6,8-9H2,(H,22,24). The third-order valence-corrected chi connectivity index (χ3v) is 6.20. The van der Waals surface area contributed by atoms with Gasteiger partial charge in [-0.15, -0.1) is 11.3 Å². The molecule has 128 valence electrons. The summed E-state index contributed by atoms with van der Waals surface area (Å²) in [6, 6.07) is 4.45. The number of pyridine rings is 1.